The molecule has 6 aliphatic rings. The summed E-state index contributed by atoms with van der Waals surface area (Å²) in [6, 6.07) is 9.69. The van der Waals surface area contributed by atoms with E-state index in [1.54, 1.807) is 14.0 Å². The molecule has 28 nitrogen and oxygen atoms in total. The van der Waals surface area contributed by atoms with Gasteiger partial charge in [0.2, 0.25) is 17.7 Å². The molecule has 1 aliphatic carbocycles. The van der Waals surface area contributed by atoms with Gasteiger partial charge >= 0.3 is 12.1 Å². The molecule has 1 aromatic heterocycles. The summed E-state index contributed by atoms with van der Waals surface area (Å²) in [6.07, 6.45) is -5.12. The summed E-state index contributed by atoms with van der Waals surface area (Å²) < 4.78 is 17.0. The highest BCUT2D eigenvalue weighted by Gasteiger charge is 2.79. The van der Waals surface area contributed by atoms with Crippen LogP contribution in [0.2, 0.25) is 0 Å². The van der Waals surface area contributed by atoms with Crippen LogP contribution in [-0.2, 0) is 55.5 Å². The maximum Gasteiger partial charge on any atom is 0.426 e. The molecule has 3 fully saturated rings. The van der Waals surface area contributed by atoms with Crippen molar-refractivity contribution in [1.29, 1.82) is 0 Å². The van der Waals surface area contributed by atoms with Crippen molar-refractivity contribution in [2.45, 2.75) is 175 Å². The number of hydrogen-bond donors (Lipinski definition) is 15. The SMILES string of the molecule is CC[C@H](CCC(=O)O)C(=O)N[C@H](CCC(=O)NC[C@H](O)[C@@H](O)[C@H](O)[C@H](O)CO)C(=O)N[C@@H](CSSCCOC(=O)NNC(=O)[C@@]1(O)[C@H](O)[C@]2(CC)C=CCN3CC[C@@]4(c5cc([C@@]6(C)C[C@@H]7CN(CCc8c6[nH]c6ccccc86)C[C@](O)(CC)C7)c(OC)cc5N(C)[C@@H]14)[C@@H]32)OC=O. The minimum absolute atomic E-state index is 0.0616. The first kappa shape index (κ1) is 73.9. The molecule has 1 spiro atoms. The van der Waals surface area contributed by atoms with Crippen LogP contribution < -0.4 is 36.4 Å². The second-order valence-electron chi connectivity index (χ2n) is 26.9. The molecule has 1 saturated carbocycles. The van der Waals surface area contributed by atoms with Crippen LogP contribution in [0.4, 0.5) is 10.5 Å². The predicted molar refractivity (Wildman–Crippen MR) is 355 cm³/mol. The zero-order chi connectivity index (χ0) is 69.7. The summed E-state index contributed by atoms with van der Waals surface area (Å²) in [5.74, 6) is -4.67. The third-order valence-electron chi connectivity index (χ3n) is 21.2. The molecule has 2 saturated heterocycles. The van der Waals surface area contributed by atoms with Crippen molar-refractivity contribution in [1.82, 2.24) is 41.6 Å². The number of likely N-dealkylation sites (N-methyl/N-ethyl adjacent to an activating group) is 1. The van der Waals surface area contributed by atoms with Crippen LogP contribution in [0.15, 0.2) is 48.6 Å². The number of benzene rings is 2. The first-order chi connectivity index (χ1) is 45.7. The number of H-pyrrole nitrogens is 1. The van der Waals surface area contributed by atoms with E-state index in [-0.39, 0.29) is 62.2 Å². The Bertz CT molecular complexity index is 3350. The molecule has 2 aromatic carbocycles. The van der Waals surface area contributed by atoms with Crippen molar-refractivity contribution < 1.29 is 93.7 Å². The lowest BCUT2D eigenvalue weighted by atomic mass is 9.47. The summed E-state index contributed by atoms with van der Waals surface area (Å²) >= 11 is 0. The van der Waals surface area contributed by atoms with E-state index in [2.05, 4.69) is 72.8 Å². The van der Waals surface area contributed by atoms with Crippen molar-refractivity contribution in [3.05, 3.63) is 70.9 Å². The molecule has 96 heavy (non-hydrogen) atoms. The van der Waals surface area contributed by atoms with Gasteiger partial charge in [-0.3, -0.25) is 44.0 Å². The van der Waals surface area contributed by atoms with Crippen LogP contribution in [0.5, 0.6) is 5.75 Å². The Morgan fingerprint density at radius 1 is 0.896 bits per heavy atom. The maximum atomic E-state index is 15.2. The molecule has 5 amide bonds. The molecule has 30 heteroatoms. The van der Waals surface area contributed by atoms with Crippen LogP contribution >= 0.6 is 21.6 Å². The number of aliphatic hydroxyl groups excluding tert-OH is 6. The number of carboxylic acid groups (broad SMARTS) is 1. The van der Waals surface area contributed by atoms with Gasteiger partial charge in [0.15, 0.2) is 11.8 Å². The third kappa shape index (κ3) is 14.4. The van der Waals surface area contributed by atoms with Gasteiger partial charge in [-0.15, -0.1) is 0 Å². The largest absolute Gasteiger partial charge is 0.496 e. The Balaban J connectivity index is 0.873. The van der Waals surface area contributed by atoms with Gasteiger partial charge in [-0.2, -0.15) is 0 Å². The highest BCUT2D eigenvalue weighted by Crippen LogP contribution is 2.67. The number of para-hydroxylation sites is 1. The number of piperidine rings is 1. The fraction of sp³-hybridized carbons (Fsp3) is 0.652. The lowest BCUT2D eigenvalue weighted by molar-refractivity contribution is -0.204. The predicted octanol–water partition coefficient (Wildman–Crippen LogP) is 0.556. The van der Waals surface area contributed by atoms with Crippen molar-refractivity contribution in [3.63, 3.8) is 0 Å². The number of ether oxygens (including phenoxy) is 3. The molecular weight excluding hydrogens is 1290 g/mol. The van der Waals surface area contributed by atoms with Gasteiger partial charge < -0.3 is 86.0 Å². The zero-order valence-corrected chi connectivity index (χ0v) is 56.8. The number of aliphatic carboxylic acids is 1. The molecule has 2 bridgehead atoms. The number of hydrogen-bond acceptors (Lipinski definition) is 23. The fourth-order valence-electron chi connectivity index (χ4n) is 16.6. The molecule has 15 N–H and O–H groups in total. The Hall–Kier alpha value is -6.29. The quantitative estimate of drug-likeness (QED) is 0.0108. The van der Waals surface area contributed by atoms with E-state index in [0.29, 0.717) is 57.5 Å². The average Bonchev–Trinajstić information content (AvgIpc) is 1.45. The van der Waals surface area contributed by atoms with Crippen LogP contribution in [0, 0.1) is 17.3 Å². The van der Waals surface area contributed by atoms with Crippen molar-refractivity contribution in [3.8, 4) is 5.75 Å². The Morgan fingerprint density at radius 2 is 1.65 bits per heavy atom. The standard InChI is InChI=1S/C66H95N9O19S2/c1-7-38(15-18-51(81)82)55(85)69-44(16-17-49(80)67-31-46(78)52(83)53(84)47(79)33-76)56(86)70-50(94-36-77)34-96-95-26-25-93-61(89)72-71-60(88)66(91)58-65(21-24-75-22-12-20-64(9-3,57(65)75)59(66)87)41-27-42(48(92-6)28-45(41)73(58)5)62(4)29-37-30-63(90,8-2)35-74(32-37)23-19-40-39-13-10-11-14-43(39)68-54(40)62/h10-14,20,27-28,36-38,44,46-47,50,52-53,57-59,68,76,78-79,83-84,87,90-91H,7-9,15-19,21-26,29-35H2,1-6H3,(H,67,80)(H,69,85)(H,70,86)(H,71,88)(H,72,89)(H,81,82)/t37-,38+,44+,46-,47+,50+,52+,53+,57-,58+,59+,62+,63-,64+,65+,66-/m0/s1. The first-order valence-electron chi connectivity index (χ1n) is 33.1. The van der Waals surface area contributed by atoms with E-state index in [0.717, 1.165) is 74.5 Å². The Kier molecular flexibility index (Phi) is 23.8. The third-order valence-corrected chi connectivity index (χ3v) is 23.6. The second kappa shape index (κ2) is 30.9. The number of aromatic amines is 1. The number of anilines is 1. The lowest BCUT2D eigenvalue weighted by Gasteiger charge is -2.63. The molecule has 5 aliphatic heterocycles. The first-order valence-corrected chi connectivity index (χ1v) is 35.5. The minimum atomic E-state index is -2.57. The molecule has 9 rings (SSSR count). The molecule has 6 heterocycles. The number of amides is 5. The van der Waals surface area contributed by atoms with Gasteiger partial charge in [0, 0.05) is 120 Å². The van der Waals surface area contributed by atoms with Crippen molar-refractivity contribution >= 4 is 80.3 Å². The Morgan fingerprint density at radius 3 is 2.34 bits per heavy atom. The average molecular weight is 1380 g/mol. The van der Waals surface area contributed by atoms with Gasteiger partial charge in [0.1, 0.15) is 42.8 Å². The molecule has 0 radical (unpaired) electrons. The van der Waals surface area contributed by atoms with E-state index in [1.807, 2.05) is 50.1 Å². The normalized spacial score (nSPS) is 29.4. The number of methoxy groups -OCH3 is 1. The van der Waals surface area contributed by atoms with E-state index in [1.165, 1.54) is 5.56 Å². The number of aromatic nitrogens is 1. The second-order valence-corrected chi connectivity index (χ2v) is 29.5. The van der Waals surface area contributed by atoms with Gasteiger partial charge in [-0.1, -0.05) is 72.7 Å². The molecule has 17 atom stereocenters. The molecule has 3 aromatic rings. The van der Waals surface area contributed by atoms with E-state index < -0.39 is 137 Å². The van der Waals surface area contributed by atoms with Crippen LogP contribution in [0.3, 0.4) is 0 Å². The molecule has 1 unspecified atom stereocenters. The Labute approximate surface area is 565 Å². The lowest BCUT2D eigenvalue weighted by Crippen LogP contribution is -2.82. The number of nitrogens with one attached hydrogen (secondary N) is 6. The van der Waals surface area contributed by atoms with Crippen LogP contribution in [0.1, 0.15) is 114 Å². The number of aliphatic hydroxyl groups is 8. The number of carbonyl (C=O) groups is 7. The van der Waals surface area contributed by atoms with Crippen molar-refractivity contribution in [2.75, 3.05) is 83.0 Å². The summed E-state index contributed by atoms with van der Waals surface area (Å²) in [6.45, 7) is 9.60. The molecular formula is C66H95N9O19S2. The summed E-state index contributed by atoms with van der Waals surface area (Å²) in [5, 5.41) is 105. The maximum absolute atomic E-state index is 15.2. The highest BCUT2D eigenvalue weighted by atomic mass is 33.1. The van der Waals surface area contributed by atoms with Crippen molar-refractivity contribution in [2.24, 2.45) is 17.3 Å². The summed E-state index contributed by atoms with van der Waals surface area (Å²) in [7, 11) is 5.69. The van der Waals surface area contributed by atoms with Crippen LogP contribution in [0.25, 0.3) is 10.9 Å². The van der Waals surface area contributed by atoms with Gasteiger partial charge in [-0.05, 0) is 100 Å². The fourth-order valence-corrected chi connectivity index (χ4v) is 18.4. The monoisotopic (exact) mass is 1380 g/mol. The van der Waals surface area contributed by atoms with Gasteiger partial charge in [0.05, 0.1) is 37.2 Å². The number of fused-ring (bicyclic) bond motifs is 6. The number of rotatable bonds is 30. The van der Waals surface area contributed by atoms with Gasteiger partial charge in [0.25, 0.3) is 12.4 Å². The summed E-state index contributed by atoms with van der Waals surface area (Å²) in [5.41, 5.74) is 4.28. The van der Waals surface area contributed by atoms with E-state index in [4.69, 9.17) is 19.3 Å². The smallest absolute Gasteiger partial charge is 0.426 e. The number of carbonyl (C=O) groups excluding carboxylic acids is 6. The zero-order valence-electron chi connectivity index (χ0n) is 55.2. The van der Waals surface area contributed by atoms with Crippen LogP contribution in [-0.4, -0.2) is 247 Å². The molecule has 530 valence electrons. The summed E-state index contributed by atoms with van der Waals surface area (Å²) in [4.78, 5) is 102. The number of hydrazine groups is 1. The highest BCUT2D eigenvalue weighted by molar-refractivity contribution is 8.76. The minimum Gasteiger partial charge on any atom is -0.496 e. The van der Waals surface area contributed by atoms with E-state index in [9.17, 15) is 69.6 Å². The number of carboxylic acids is 1. The topological polar surface area (TPSA) is 415 Å². The van der Waals surface area contributed by atoms with Gasteiger partial charge in [-0.25, -0.2) is 10.2 Å². The van der Waals surface area contributed by atoms with E-state index >= 15 is 4.79 Å². The number of nitrogens with zero attached hydrogens (tertiary/aromatic N) is 3.